The van der Waals surface area contributed by atoms with E-state index in [0.717, 1.165) is 0 Å². The molecule has 1 rings (SSSR count). The summed E-state index contributed by atoms with van der Waals surface area (Å²) in [6, 6.07) is 0.357. The fraction of sp³-hybridized carbons (Fsp3) is 0.579. The molecular formula is C19H25N3O6. The van der Waals surface area contributed by atoms with E-state index in [1.165, 1.54) is 0 Å². The summed E-state index contributed by atoms with van der Waals surface area (Å²) in [5.41, 5.74) is 0. The van der Waals surface area contributed by atoms with E-state index in [9.17, 15) is 0 Å². The minimum Gasteiger partial charge on any atom is -0.452 e. The number of hydrogen-bond acceptors (Lipinski definition) is 9. The average molecular weight is 391 g/mol. The van der Waals surface area contributed by atoms with Crippen LogP contribution in [-0.2, 0) is 28.4 Å². The molecule has 9 heteroatoms. The highest BCUT2D eigenvalue weighted by Crippen LogP contribution is 2.11. The van der Waals surface area contributed by atoms with Gasteiger partial charge in [-0.1, -0.05) is 35.5 Å². The van der Waals surface area contributed by atoms with Crippen molar-refractivity contribution in [1.82, 2.24) is 4.90 Å². The van der Waals surface area contributed by atoms with E-state index in [1.807, 2.05) is 0 Å². The molecule has 9 nitrogen and oxygen atoms in total. The first kappa shape index (κ1) is 23.3. The summed E-state index contributed by atoms with van der Waals surface area (Å²) in [7, 11) is 6.44. The maximum atomic E-state index is 5.65. The molecule has 1 unspecified atom stereocenters. The zero-order chi connectivity index (χ0) is 20.5. The van der Waals surface area contributed by atoms with Crippen molar-refractivity contribution in [2.24, 2.45) is 9.98 Å². The van der Waals surface area contributed by atoms with Gasteiger partial charge in [-0.15, -0.1) is 4.99 Å². The van der Waals surface area contributed by atoms with Crippen molar-refractivity contribution in [1.29, 1.82) is 0 Å². The summed E-state index contributed by atoms with van der Waals surface area (Å²) in [5.74, 6) is 16.8. The molecule has 0 radical (unpaired) electrons. The maximum Gasteiger partial charge on any atom is 0.321 e. The van der Waals surface area contributed by atoms with Gasteiger partial charge in [-0.05, 0) is 0 Å². The van der Waals surface area contributed by atoms with E-state index in [2.05, 4.69) is 45.5 Å². The highest BCUT2D eigenvalue weighted by molar-refractivity contribution is 5.91. The molecule has 0 N–H and O–H groups in total. The van der Waals surface area contributed by atoms with E-state index >= 15 is 0 Å². The molecule has 0 fully saturated rings. The SMILES string of the molecule is COCC#CCOC1=NC(OCC#CCOC)N(C)C(OCC#CCOC)=N1. The summed E-state index contributed by atoms with van der Waals surface area (Å²) >= 11 is 0. The highest BCUT2D eigenvalue weighted by atomic mass is 16.6. The molecule has 0 saturated carbocycles. The Bertz CT molecular complexity index is 702. The molecule has 1 aliphatic rings. The number of nitrogens with zero attached hydrogens (tertiary/aromatic N) is 3. The predicted molar refractivity (Wildman–Crippen MR) is 103 cm³/mol. The molecule has 0 bridgehead atoms. The average Bonchev–Trinajstić information content (AvgIpc) is 2.70. The van der Waals surface area contributed by atoms with E-state index in [-0.39, 0.29) is 31.9 Å². The maximum absolute atomic E-state index is 5.65. The number of hydrogen-bond donors (Lipinski definition) is 0. The van der Waals surface area contributed by atoms with Crippen LogP contribution in [0.4, 0.5) is 0 Å². The molecule has 28 heavy (non-hydrogen) atoms. The van der Waals surface area contributed by atoms with Crippen LogP contribution in [0.15, 0.2) is 9.98 Å². The first-order valence-electron chi connectivity index (χ1n) is 8.33. The number of ether oxygens (including phenoxy) is 6. The van der Waals surface area contributed by atoms with Crippen LogP contribution in [0.5, 0.6) is 0 Å². The van der Waals surface area contributed by atoms with Crippen LogP contribution in [0.1, 0.15) is 0 Å². The second-order valence-electron chi connectivity index (χ2n) is 4.99. The minimum atomic E-state index is -0.710. The molecular weight excluding hydrogens is 366 g/mol. The van der Waals surface area contributed by atoms with Gasteiger partial charge in [0.1, 0.15) is 26.4 Å². The Hall–Kier alpha value is -2.74. The Balaban J connectivity index is 2.73. The molecule has 0 amide bonds. The van der Waals surface area contributed by atoms with Crippen LogP contribution >= 0.6 is 0 Å². The number of methoxy groups -OCH3 is 3. The third-order valence-corrected chi connectivity index (χ3v) is 2.92. The Morgan fingerprint density at radius 3 is 1.82 bits per heavy atom. The van der Waals surface area contributed by atoms with E-state index in [1.54, 1.807) is 33.3 Å². The lowest BCUT2D eigenvalue weighted by molar-refractivity contribution is -0.00738. The second kappa shape index (κ2) is 15.3. The summed E-state index contributed by atoms with van der Waals surface area (Å²) in [6.07, 6.45) is -0.710. The van der Waals surface area contributed by atoms with Gasteiger partial charge in [0.2, 0.25) is 6.35 Å². The first-order chi connectivity index (χ1) is 13.7. The van der Waals surface area contributed by atoms with Crippen LogP contribution < -0.4 is 0 Å². The van der Waals surface area contributed by atoms with Crippen molar-refractivity contribution in [3.8, 4) is 35.5 Å². The van der Waals surface area contributed by atoms with E-state index < -0.39 is 6.35 Å². The highest BCUT2D eigenvalue weighted by Gasteiger charge is 2.26. The topological polar surface area (TPSA) is 83.3 Å². The quantitative estimate of drug-likeness (QED) is 0.562. The van der Waals surface area contributed by atoms with Crippen LogP contribution in [-0.4, -0.2) is 91.3 Å². The minimum absolute atomic E-state index is 0.0968. The standard InChI is InChI=1S/C19H25N3O6/c1-22-18(27-15-9-6-12-24-3)20-17(26-14-8-5-11-23-2)21-19(22)28-16-10-7-13-25-4/h18H,11-16H2,1-4H3. The van der Waals surface area contributed by atoms with Gasteiger partial charge in [0.15, 0.2) is 13.2 Å². The monoisotopic (exact) mass is 391 g/mol. The Labute approximate surface area is 166 Å². The van der Waals surface area contributed by atoms with Gasteiger partial charge < -0.3 is 28.4 Å². The molecule has 0 aromatic carbocycles. The fourth-order valence-corrected chi connectivity index (χ4v) is 1.66. The summed E-state index contributed by atoms with van der Waals surface area (Å²) in [4.78, 5) is 10.1. The zero-order valence-electron chi connectivity index (χ0n) is 16.6. The predicted octanol–water partition coefficient (Wildman–Crippen LogP) is -0.0734. The van der Waals surface area contributed by atoms with Crippen molar-refractivity contribution in [2.45, 2.75) is 6.35 Å². The van der Waals surface area contributed by atoms with Crippen molar-refractivity contribution in [2.75, 3.05) is 68.0 Å². The van der Waals surface area contributed by atoms with Crippen LogP contribution in [0.2, 0.25) is 0 Å². The second-order valence-corrected chi connectivity index (χ2v) is 4.99. The van der Waals surface area contributed by atoms with Crippen LogP contribution in [0.3, 0.4) is 0 Å². The van der Waals surface area contributed by atoms with Crippen molar-refractivity contribution in [3.63, 3.8) is 0 Å². The zero-order valence-corrected chi connectivity index (χ0v) is 16.6. The van der Waals surface area contributed by atoms with Crippen LogP contribution in [0.25, 0.3) is 0 Å². The van der Waals surface area contributed by atoms with E-state index in [0.29, 0.717) is 19.8 Å². The molecule has 152 valence electrons. The van der Waals surface area contributed by atoms with Gasteiger partial charge in [0.05, 0.1) is 0 Å². The van der Waals surface area contributed by atoms with Crippen LogP contribution in [0, 0.1) is 35.5 Å². The Morgan fingerprint density at radius 2 is 1.25 bits per heavy atom. The van der Waals surface area contributed by atoms with Crippen molar-refractivity contribution < 1.29 is 28.4 Å². The molecule has 1 heterocycles. The molecule has 0 spiro atoms. The lowest BCUT2D eigenvalue weighted by Gasteiger charge is -2.29. The Kier molecular flexibility index (Phi) is 12.8. The Morgan fingerprint density at radius 1 is 0.750 bits per heavy atom. The normalized spacial score (nSPS) is 15.0. The van der Waals surface area contributed by atoms with Gasteiger partial charge >= 0.3 is 12.0 Å². The fourth-order valence-electron chi connectivity index (χ4n) is 1.66. The van der Waals surface area contributed by atoms with Gasteiger partial charge in [-0.25, -0.2) is 0 Å². The first-order valence-corrected chi connectivity index (χ1v) is 8.33. The lowest BCUT2D eigenvalue weighted by atomic mass is 10.6. The third-order valence-electron chi connectivity index (χ3n) is 2.92. The number of amidine groups is 2. The van der Waals surface area contributed by atoms with Gasteiger partial charge in [-0.3, -0.25) is 4.90 Å². The van der Waals surface area contributed by atoms with E-state index in [4.69, 9.17) is 28.4 Å². The summed E-state index contributed by atoms with van der Waals surface area (Å²) in [5, 5.41) is 0. The van der Waals surface area contributed by atoms with Crippen molar-refractivity contribution >= 4 is 12.0 Å². The molecule has 0 aromatic heterocycles. The largest absolute Gasteiger partial charge is 0.452 e. The number of rotatable bonds is 7. The van der Waals surface area contributed by atoms with Crippen molar-refractivity contribution in [3.05, 3.63) is 0 Å². The molecule has 0 saturated heterocycles. The molecule has 1 aliphatic heterocycles. The number of aliphatic imine (C=N–C) groups is 2. The van der Waals surface area contributed by atoms with Gasteiger partial charge in [-0.2, -0.15) is 4.99 Å². The smallest absolute Gasteiger partial charge is 0.321 e. The summed E-state index contributed by atoms with van der Waals surface area (Å²) in [6.45, 7) is 1.38. The molecule has 1 atom stereocenters. The summed E-state index contributed by atoms with van der Waals surface area (Å²) < 4.78 is 31.3. The van der Waals surface area contributed by atoms with Gasteiger partial charge in [0, 0.05) is 28.4 Å². The molecule has 0 aliphatic carbocycles. The lowest BCUT2D eigenvalue weighted by Crippen LogP contribution is -2.43. The third kappa shape index (κ3) is 9.82. The molecule has 0 aromatic rings. The van der Waals surface area contributed by atoms with Gasteiger partial charge in [0.25, 0.3) is 0 Å².